The number of rotatable bonds is 7. The summed E-state index contributed by atoms with van der Waals surface area (Å²) in [6, 6.07) is 23.4. The van der Waals surface area contributed by atoms with E-state index in [1.165, 1.54) is 4.31 Å². The maximum atomic E-state index is 13.3. The maximum Gasteiger partial charge on any atom is 0.267 e. The number of hydrogen-bond acceptors (Lipinski definition) is 5. The summed E-state index contributed by atoms with van der Waals surface area (Å²) in [6.07, 6.45) is -0.977. The third-order valence-electron chi connectivity index (χ3n) is 5.00. The van der Waals surface area contributed by atoms with Gasteiger partial charge in [0.1, 0.15) is 5.75 Å². The van der Waals surface area contributed by atoms with Crippen LogP contribution in [0.5, 0.6) is 5.75 Å². The summed E-state index contributed by atoms with van der Waals surface area (Å²) < 4.78 is 33.8. The molecule has 0 aromatic heterocycles. The lowest BCUT2D eigenvalue weighted by Gasteiger charge is -2.34. The molecule has 1 heterocycles. The minimum absolute atomic E-state index is 0.0961. The molecule has 0 saturated heterocycles. The fraction of sp³-hybridized carbons (Fsp3) is 0.208. The van der Waals surface area contributed by atoms with Crippen LogP contribution in [-0.4, -0.2) is 32.7 Å². The van der Waals surface area contributed by atoms with Gasteiger partial charge in [-0.1, -0.05) is 61.5 Å². The molecule has 4 rings (SSSR count). The quantitative estimate of drug-likeness (QED) is 0.516. The van der Waals surface area contributed by atoms with Gasteiger partial charge in [-0.05, 0) is 35.6 Å². The summed E-state index contributed by atoms with van der Waals surface area (Å²) in [7, 11) is -3.74. The molecule has 1 N–H and O–H groups in total. The molecule has 1 aliphatic heterocycles. The van der Waals surface area contributed by atoms with Crippen LogP contribution >= 0.6 is 11.8 Å². The van der Waals surface area contributed by atoms with E-state index in [0.29, 0.717) is 22.7 Å². The molecule has 1 aliphatic rings. The standard InChI is InChI=1S/C24H24N2O4S2/c1-2-31-23-15-9-6-12-19(23)25-24(27)22-16-26(20-13-7-8-14-21(20)30-22)32(28,29)17-18-10-4-3-5-11-18/h3-15,22H,2,16-17H2,1H3,(H,25,27)/t22-/m0/s1. The first-order valence-electron chi connectivity index (χ1n) is 10.3. The molecule has 0 bridgehead atoms. The molecule has 0 fully saturated rings. The van der Waals surface area contributed by atoms with Crippen molar-refractivity contribution in [1.29, 1.82) is 0 Å². The largest absolute Gasteiger partial charge is 0.476 e. The molecule has 1 amide bonds. The van der Waals surface area contributed by atoms with Gasteiger partial charge in [0.25, 0.3) is 5.91 Å². The third-order valence-corrected chi connectivity index (χ3v) is 7.67. The average Bonchev–Trinajstić information content (AvgIpc) is 2.80. The number of fused-ring (bicyclic) bond motifs is 1. The second-order valence-electron chi connectivity index (χ2n) is 7.27. The normalized spacial score (nSPS) is 15.5. The lowest BCUT2D eigenvalue weighted by Crippen LogP contribution is -2.49. The van der Waals surface area contributed by atoms with Gasteiger partial charge in [-0.25, -0.2) is 8.42 Å². The number of carbonyl (C=O) groups excluding carboxylic acids is 1. The van der Waals surface area contributed by atoms with Crippen molar-refractivity contribution in [2.45, 2.75) is 23.7 Å². The van der Waals surface area contributed by atoms with Crippen molar-refractivity contribution in [3.05, 3.63) is 84.4 Å². The number of thioether (sulfide) groups is 1. The van der Waals surface area contributed by atoms with Crippen LogP contribution in [0.25, 0.3) is 0 Å². The number of hydrogen-bond donors (Lipinski definition) is 1. The molecule has 3 aromatic carbocycles. The third kappa shape index (κ3) is 4.92. The Morgan fingerprint density at radius 2 is 1.72 bits per heavy atom. The van der Waals surface area contributed by atoms with Crippen LogP contribution in [0.2, 0.25) is 0 Å². The fourth-order valence-electron chi connectivity index (χ4n) is 3.53. The van der Waals surface area contributed by atoms with Gasteiger partial charge in [-0.3, -0.25) is 9.10 Å². The van der Waals surface area contributed by atoms with E-state index in [9.17, 15) is 13.2 Å². The summed E-state index contributed by atoms with van der Waals surface area (Å²) in [5, 5.41) is 2.91. The topological polar surface area (TPSA) is 75.7 Å². The Labute approximate surface area is 192 Å². The zero-order valence-electron chi connectivity index (χ0n) is 17.6. The maximum absolute atomic E-state index is 13.3. The SMILES string of the molecule is CCSc1ccccc1NC(=O)[C@@H]1CN(S(=O)(=O)Cc2ccccc2)c2ccccc2O1. The van der Waals surface area contributed by atoms with Gasteiger partial charge in [0.05, 0.1) is 23.7 Å². The van der Waals surface area contributed by atoms with Crippen molar-refractivity contribution < 1.29 is 17.9 Å². The number of carbonyl (C=O) groups is 1. The number of ether oxygens (including phenoxy) is 1. The van der Waals surface area contributed by atoms with E-state index in [4.69, 9.17) is 4.74 Å². The summed E-state index contributed by atoms with van der Waals surface area (Å²) >= 11 is 1.62. The summed E-state index contributed by atoms with van der Waals surface area (Å²) in [4.78, 5) is 14.0. The van der Waals surface area contributed by atoms with Crippen molar-refractivity contribution in [3.63, 3.8) is 0 Å². The first-order valence-corrected chi connectivity index (χ1v) is 12.9. The zero-order valence-corrected chi connectivity index (χ0v) is 19.2. The zero-order chi connectivity index (χ0) is 22.6. The first-order chi connectivity index (χ1) is 15.5. The van der Waals surface area contributed by atoms with Crippen LogP contribution in [0.1, 0.15) is 12.5 Å². The second-order valence-corrected chi connectivity index (χ2v) is 10.5. The Bertz CT molecular complexity index is 1200. The van der Waals surface area contributed by atoms with Gasteiger partial charge in [-0.15, -0.1) is 11.8 Å². The molecular formula is C24H24N2O4S2. The van der Waals surface area contributed by atoms with E-state index in [1.807, 2.05) is 37.3 Å². The predicted octanol–water partition coefficient (Wildman–Crippen LogP) is 4.53. The van der Waals surface area contributed by atoms with Gasteiger partial charge in [0, 0.05) is 4.90 Å². The van der Waals surface area contributed by atoms with Gasteiger partial charge in [0.15, 0.2) is 6.10 Å². The van der Waals surface area contributed by atoms with Crippen molar-refractivity contribution in [3.8, 4) is 5.75 Å². The Balaban J connectivity index is 1.60. The summed E-state index contributed by atoms with van der Waals surface area (Å²) in [5.41, 5.74) is 1.81. The number of anilines is 2. The van der Waals surface area contributed by atoms with E-state index in [0.717, 1.165) is 10.6 Å². The van der Waals surface area contributed by atoms with E-state index in [2.05, 4.69) is 5.32 Å². The lowest BCUT2D eigenvalue weighted by molar-refractivity contribution is -0.122. The van der Waals surface area contributed by atoms with Crippen LogP contribution in [0.4, 0.5) is 11.4 Å². The molecule has 166 valence electrons. The second kappa shape index (κ2) is 9.67. The molecule has 0 spiro atoms. The minimum Gasteiger partial charge on any atom is -0.476 e. The highest BCUT2D eigenvalue weighted by Crippen LogP contribution is 2.36. The molecule has 0 unspecified atom stereocenters. The molecule has 3 aromatic rings. The molecule has 6 nitrogen and oxygen atoms in total. The van der Waals surface area contributed by atoms with Gasteiger partial charge >= 0.3 is 0 Å². The highest BCUT2D eigenvalue weighted by molar-refractivity contribution is 7.99. The lowest BCUT2D eigenvalue weighted by atomic mass is 10.2. The number of nitrogens with zero attached hydrogens (tertiary/aromatic N) is 1. The van der Waals surface area contributed by atoms with Crippen molar-refractivity contribution in [2.75, 3.05) is 21.9 Å². The smallest absolute Gasteiger partial charge is 0.267 e. The van der Waals surface area contributed by atoms with E-state index < -0.39 is 16.1 Å². The summed E-state index contributed by atoms with van der Waals surface area (Å²) in [5.74, 6) is 0.688. The van der Waals surface area contributed by atoms with Gasteiger partial charge < -0.3 is 10.1 Å². The fourth-order valence-corrected chi connectivity index (χ4v) is 5.87. The predicted molar refractivity (Wildman–Crippen MR) is 129 cm³/mol. The molecular weight excluding hydrogens is 444 g/mol. The monoisotopic (exact) mass is 468 g/mol. The van der Waals surface area contributed by atoms with Crippen LogP contribution in [0.15, 0.2) is 83.8 Å². The minimum atomic E-state index is -3.74. The van der Waals surface area contributed by atoms with Crippen LogP contribution in [0.3, 0.4) is 0 Å². The molecule has 0 aliphatic carbocycles. The number of benzene rings is 3. The Morgan fingerprint density at radius 3 is 2.50 bits per heavy atom. The van der Waals surface area contributed by atoms with Crippen molar-refractivity contribution in [1.82, 2.24) is 0 Å². The Kier molecular flexibility index (Phi) is 6.72. The molecule has 8 heteroatoms. The van der Waals surface area contributed by atoms with Crippen molar-refractivity contribution >= 4 is 39.1 Å². The number of nitrogens with one attached hydrogen (secondary N) is 1. The number of para-hydroxylation sites is 3. The van der Waals surface area contributed by atoms with Crippen molar-refractivity contribution in [2.24, 2.45) is 0 Å². The molecule has 0 radical (unpaired) electrons. The van der Waals surface area contributed by atoms with Crippen LogP contribution < -0.4 is 14.4 Å². The molecule has 1 atom stereocenters. The van der Waals surface area contributed by atoms with Crippen LogP contribution in [-0.2, 0) is 20.6 Å². The summed E-state index contributed by atoms with van der Waals surface area (Å²) in [6.45, 7) is 1.95. The number of amides is 1. The first kappa shape index (κ1) is 22.2. The van der Waals surface area contributed by atoms with E-state index in [-0.39, 0.29) is 18.2 Å². The average molecular weight is 469 g/mol. The number of sulfonamides is 1. The molecule has 32 heavy (non-hydrogen) atoms. The highest BCUT2D eigenvalue weighted by Gasteiger charge is 2.36. The van der Waals surface area contributed by atoms with E-state index >= 15 is 0 Å². The van der Waals surface area contributed by atoms with E-state index in [1.54, 1.807) is 60.3 Å². The Hall–Kier alpha value is -2.97. The van der Waals surface area contributed by atoms with Gasteiger partial charge in [0.2, 0.25) is 10.0 Å². The Morgan fingerprint density at radius 1 is 1.03 bits per heavy atom. The highest BCUT2D eigenvalue weighted by atomic mass is 32.2. The van der Waals surface area contributed by atoms with Crippen LogP contribution in [0, 0.1) is 0 Å². The van der Waals surface area contributed by atoms with Gasteiger partial charge in [-0.2, -0.15) is 0 Å². The molecule has 0 saturated carbocycles.